The van der Waals surface area contributed by atoms with Crippen molar-refractivity contribution in [2.24, 2.45) is 0 Å². The first kappa shape index (κ1) is 19.6. The molecular weight excluding hydrogens is 381 g/mol. The molecule has 0 saturated carbocycles. The van der Waals surface area contributed by atoms with E-state index in [9.17, 15) is 14.0 Å². The first-order valence-corrected chi connectivity index (χ1v) is 9.67. The number of imidazole rings is 1. The Bertz CT molecular complexity index is 976. The maximum Gasteiger partial charge on any atom is 0.357 e. The molecule has 144 valence electrons. The summed E-state index contributed by atoms with van der Waals surface area (Å²) in [5, 5.41) is 3.15. The van der Waals surface area contributed by atoms with E-state index in [0.717, 1.165) is 5.69 Å². The molecule has 1 amide bonds. The second-order valence-electron chi connectivity index (χ2n) is 5.75. The summed E-state index contributed by atoms with van der Waals surface area (Å²) in [4.78, 5) is 28.6. The van der Waals surface area contributed by atoms with Gasteiger partial charge < -0.3 is 10.1 Å². The summed E-state index contributed by atoms with van der Waals surface area (Å²) < 4.78 is 20.4. The van der Waals surface area contributed by atoms with E-state index in [1.54, 1.807) is 22.8 Å². The monoisotopic (exact) mass is 399 g/mol. The largest absolute Gasteiger partial charge is 0.451 e. The van der Waals surface area contributed by atoms with Crippen LogP contribution in [0.25, 0.3) is 5.69 Å². The number of halogens is 1. The van der Waals surface area contributed by atoms with E-state index in [4.69, 9.17) is 4.74 Å². The molecule has 2 aromatic carbocycles. The van der Waals surface area contributed by atoms with Crippen LogP contribution in [0, 0.1) is 5.82 Å². The van der Waals surface area contributed by atoms with E-state index in [1.165, 1.54) is 24.0 Å². The number of nitrogens with one attached hydrogen (secondary N) is 1. The first-order valence-electron chi connectivity index (χ1n) is 8.44. The summed E-state index contributed by atoms with van der Waals surface area (Å²) in [6, 6.07) is 15.4. The molecule has 0 aliphatic heterocycles. The third-order valence-corrected chi connectivity index (χ3v) is 4.56. The molecule has 0 aliphatic carbocycles. The quantitative estimate of drug-likeness (QED) is 0.488. The van der Waals surface area contributed by atoms with Gasteiger partial charge in [0.2, 0.25) is 0 Å². The van der Waals surface area contributed by atoms with Gasteiger partial charge in [0.1, 0.15) is 5.82 Å². The Kier molecular flexibility index (Phi) is 6.44. The van der Waals surface area contributed by atoms with Gasteiger partial charge in [-0.15, -0.1) is 0 Å². The predicted octanol–water partition coefficient (Wildman–Crippen LogP) is 3.21. The average Bonchev–Trinajstić information content (AvgIpc) is 3.16. The number of ether oxygens (including phenoxy) is 1. The molecule has 0 saturated heterocycles. The van der Waals surface area contributed by atoms with Gasteiger partial charge >= 0.3 is 5.97 Å². The molecule has 0 radical (unpaired) electrons. The lowest BCUT2D eigenvalue weighted by molar-refractivity contribution is -0.124. The van der Waals surface area contributed by atoms with E-state index < -0.39 is 24.3 Å². The van der Waals surface area contributed by atoms with Crippen LogP contribution in [0.4, 0.5) is 4.39 Å². The lowest BCUT2D eigenvalue weighted by Gasteiger charge is -2.11. The third-order valence-electron chi connectivity index (χ3n) is 3.90. The van der Waals surface area contributed by atoms with E-state index in [-0.39, 0.29) is 12.2 Å². The minimum absolute atomic E-state index is 0.0155. The van der Waals surface area contributed by atoms with Crippen LogP contribution in [0.15, 0.2) is 66.0 Å². The number of hydrogen-bond acceptors (Lipinski definition) is 5. The fourth-order valence-electron chi connectivity index (χ4n) is 2.54. The third kappa shape index (κ3) is 4.58. The summed E-state index contributed by atoms with van der Waals surface area (Å²) in [6.45, 7) is -0.455. The van der Waals surface area contributed by atoms with E-state index in [2.05, 4.69) is 10.3 Å². The van der Waals surface area contributed by atoms with Gasteiger partial charge in [-0.1, -0.05) is 48.2 Å². The number of hydrogen-bond donors (Lipinski definition) is 1. The lowest BCUT2D eigenvalue weighted by atomic mass is 10.2. The van der Waals surface area contributed by atoms with Gasteiger partial charge in [0, 0.05) is 17.8 Å². The Morgan fingerprint density at radius 1 is 1.14 bits per heavy atom. The molecule has 3 aromatic rings. The molecular formula is C20H18FN3O3S. The van der Waals surface area contributed by atoms with Gasteiger partial charge in [-0.25, -0.2) is 14.2 Å². The van der Waals surface area contributed by atoms with E-state index in [0.29, 0.717) is 10.7 Å². The maximum absolute atomic E-state index is 13.6. The van der Waals surface area contributed by atoms with Crippen LogP contribution in [0.1, 0.15) is 16.1 Å². The maximum atomic E-state index is 13.6. The van der Waals surface area contributed by atoms with Gasteiger partial charge in [0.05, 0.1) is 6.20 Å². The number of thioether (sulfide) groups is 1. The summed E-state index contributed by atoms with van der Waals surface area (Å²) in [5.41, 5.74) is 1.34. The number of benzene rings is 2. The van der Waals surface area contributed by atoms with Gasteiger partial charge in [0.15, 0.2) is 17.5 Å². The molecule has 28 heavy (non-hydrogen) atoms. The standard InChI is InChI=1S/C20H18FN3O3S/c1-28-20-23-12-17(24(20)15-8-3-2-4-9-15)19(26)27-13-18(25)22-11-14-7-5-6-10-16(14)21/h2-10,12H,11,13H2,1H3,(H,22,25). The van der Waals surface area contributed by atoms with Crippen LogP contribution >= 0.6 is 11.8 Å². The summed E-state index contributed by atoms with van der Waals surface area (Å²) in [6.07, 6.45) is 3.27. The molecule has 0 aliphatic rings. The van der Waals surface area contributed by atoms with Crippen molar-refractivity contribution < 1.29 is 18.7 Å². The minimum atomic E-state index is -0.669. The SMILES string of the molecule is CSc1ncc(C(=O)OCC(=O)NCc2ccccc2F)n1-c1ccccc1. The molecule has 6 nitrogen and oxygen atoms in total. The number of carbonyl (C=O) groups excluding carboxylic acids is 2. The molecule has 0 atom stereocenters. The van der Waals surface area contributed by atoms with Gasteiger partial charge in [-0.2, -0.15) is 0 Å². The fraction of sp³-hybridized carbons (Fsp3) is 0.150. The number of para-hydroxylation sites is 1. The Labute approximate surface area is 165 Å². The lowest BCUT2D eigenvalue weighted by Crippen LogP contribution is -2.29. The highest BCUT2D eigenvalue weighted by molar-refractivity contribution is 7.98. The zero-order valence-electron chi connectivity index (χ0n) is 15.1. The second-order valence-corrected chi connectivity index (χ2v) is 6.52. The second kappa shape index (κ2) is 9.18. The van der Waals surface area contributed by atoms with Crippen molar-refractivity contribution in [3.63, 3.8) is 0 Å². The zero-order valence-corrected chi connectivity index (χ0v) is 15.9. The van der Waals surface area contributed by atoms with Crippen molar-refractivity contribution in [1.82, 2.24) is 14.9 Å². The molecule has 0 fully saturated rings. The summed E-state index contributed by atoms with van der Waals surface area (Å²) in [5.74, 6) is -1.60. The molecule has 1 heterocycles. The molecule has 8 heteroatoms. The van der Waals surface area contributed by atoms with Crippen molar-refractivity contribution in [2.45, 2.75) is 11.7 Å². The van der Waals surface area contributed by atoms with Crippen molar-refractivity contribution in [2.75, 3.05) is 12.9 Å². The van der Waals surface area contributed by atoms with Crippen LogP contribution < -0.4 is 5.32 Å². The minimum Gasteiger partial charge on any atom is -0.451 e. The van der Waals surface area contributed by atoms with Gasteiger partial charge in [-0.05, 0) is 24.5 Å². The first-order chi connectivity index (χ1) is 13.6. The Morgan fingerprint density at radius 3 is 2.57 bits per heavy atom. The van der Waals surface area contributed by atoms with E-state index in [1.807, 2.05) is 36.6 Å². The number of esters is 1. The number of amides is 1. The highest BCUT2D eigenvalue weighted by Gasteiger charge is 2.19. The van der Waals surface area contributed by atoms with Crippen molar-refractivity contribution in [1.29, 1.82) is 0 Å². The smallest absolute Gasteiger partial charge is 0.357 e. The summed E-state index contributed by atoms with van der Waals surface area (Å²) in [7, 11) is 0. The van der Waals surface area contributed by atoms with Crippen LogP contribution in [0.3, 0.4) is 0 Å². The van der Waals surface area contributed by atoms with Crippen LogP contribution in [0.2, 0.25) is 0 Å². The zero-order chi connectivity index (χ0) is 19.9. The molecule has 0 spiro atoms. The average molecular weight is 399 g/mol. The van der Waals surface area contributed by atoms with E-state index >= 15 is 0 Å². The molecule has 1 aromatic heterocycles. The predicted molar refractivity (Wildman–Crippen MR) is 104 cm³/mol. The Morgan fingerprint density at radius 2 is 1.86 bits per heavy atom. The van der Waals surface area contributed by atoms with Crippen LogP contribution in [-0.2, 0) is 16.1 Å². The van der Waals surface area contributed by atoms with Crippen LogP contribution in [-0.4, -0.2) is 34.3 Å². The highest BCUT2D eigenvalue weighted by atomic mass is 32.2. The van der Waals surface area contributed by atoms with Crippen molar-refractivity contribution in [3.8, 4) is 5.69 Å². The number of aromatic nitrogens is 2. The molecule has 0 unspecified atom stereocenters. The molecule has 1 N–H and O–H groups in total. The number of carbonyl (C=O) groups is 2. The topological polar surface area (TPSA) is 73.2 Å². The Balaban J connectivity index is 1.63. The Hall–Kier alpha value is -3.13. The van der Waals surface area contributed by atoms with Crippen molar-refractivity contribution >= 4 is 23.6 Å². The van der Waals surface area contributed by atoms with Gasteiger partial charge in [0.25, 0.3) is 5.91 Å². The normalized spacial score (nSPS) is 10.5. The molecule has 3 rings (SSSR count). The number of rotatable bonds is 7. The van der Waals surface area contributed by atoms with Gasteiger partial charge in [-0.3, -0.25) is 9.36 Å². The highest BCUT2D eigenvalue weighted by Crippen LogP contribution is 2.22. The van der Waals surface area contributed by atoms with Crippen LogP contribution in [0.5, 0.6) is 0 Å². The van der Waals surface area contributed by atoms with Crippen molar-refractivity contribution in [3.05, 3.63) is 77.9 Å². The fourth-order valence-corrected chi connectivity index (χ4v) is 3.09. The molecule has 0 bridgehead atoms. The summed E-state index contributed by atoms with van der Waals surface area (Å²) >= 11 is 1.39. The number of nitrogens with zero attached hydrogens (tertiary/aromatic N) is 2.